The van der Waals surface area contributed by atoms with E-state index in [-0.39, 0.29) is 30.7 Å². The predicted molar refractivity (Wildman–Crippen MR) is 103 cm³/mol. The van der Waals surface area contributed by atoms with Crippen LogP contribution in [0.3, 0.4) is 0 Å². The number of rotatable bonds is 4. The lowest BCUT2D eigenvalue weighted by atomic mass is 10.2. The molecule has 1 aliphatic rings. The number of carbonyl (C=O) groups excluding carboxylic acids is 1. The molecule has 0 saturated carbocycles. The fraction of sp³-hybridized carbons (Fsp3) is 0.467. The summed E-state index contributed by atoms with van der Waals surface area (Å²) in [6.45, 7) is 3.65. The number of hydrogen-bond donors (Lipinski definition) is 1. The van der Waals surface area contributed by atoms with Crippen molar-refractivity contribution in [2.75, 3.05) is 20.1 Å². The van der Waals surface area contributed by atoms with E-state index in [1.54, 1.807) is 11.3 Å². The Morgan fingerprint density at radius 3 is 2.91 bits per heavy atom. The number of amides is 1. The molecule has 128 valence electrons. The molecule has 4 nitrogen and oxygen atoms in total. The van der Waals surface area contributed by atoms with Crippen LogP contribution in [-0.2, 0) is 0 Å². The van der Waals surface area contributed by atoms with E-state index in [9.17, 15) is 4.79 Å². The standard InChI is InChI=1S/C15H19N3OS2.2ClH/c1-10-13(21-14(17-10)12-6-4-8-20-12)15(19)18-7-3-5-11(18)9-16-2;;/h4,6,8,11,16H,3,5,7,9H2,1-2H3;2*1H. The second-order valence-electron chi connectivity index (χ2n) is 5.26. The van der Waals surface area contributed by atoms with Crippen molar-refractivity contribution in [3.63, 3.8) is 0 Å². The van der Waals surface area contributed by atoms with Crippen LogP contribution in [0, 0.1) is 6.92 Å². The van der Waals surface area contributed by atoms with Gasteiger partial charge in [-0.25, -0.2) is 4.98 Å². The largest absolute Gasteiger partial charge is 0.334 e. The maximum absolute atomic E-state index is 12.8. The fourth-order valence-electron chi connectivity index (χ4n) is 2.78. The van der Waals surface area contributed by atoms with E-state index in [4.69, 9.17) is 0 Å². The number of aryl methyl sites for hydroxylation is 1. The number of hydrogen-bond acceptors (Lipinski definition) is 5. The quantitative estimate of drug-likeness (QED) is 0.857. The van der Waals surface area contributed by atoms with Gasteiger partial charge in [-0.3, -0.25) is 4.79 Å². The second kappa shape index (κ2) is 8.99. The van der Waals surface area contributed by atoms with Gasteiger partial charge in [0, 0.05) is 19.1 Å². The summed E-state index contributed by atoms with van der Waals surface area (Å²) in [5.74, 6) is 0.144. The monoisotopic (exact) mass is 393 g/mol. The lowest BCUT2D eigenvalue weighted by molar-refractivity contribution is 0.0741. The molecule has 1 saturated heterocycles. The van der Waals surface area contributed by atoms with Crippen LogP contribution in [0.2, 0.25) is 0 Å². The van der Waals surface area contributed by atoms with Gasteiger partial charge < -0.3 is 10.2 Å². The minimum atomic E-state index is 0. The van der Waals surface area contributed by atoms with Gasteiger partial charge in [-0.1, -0.05) is 6.07 Å². The molecule has 1 amide bonds. The molecule has 0 aliphatic carbocycles. The second-order valence-corrected chi connectivity index (χ2v) is 7.21. The summed E-state index contributed by atoms with van der Waals surface area (Å²) in [5.41, 5.74) is 0.850. The van der Waals surface area contributed by atoms with Gasteiger partial charge in [0.2, 0.25) is 0 Å². The molecule has 8 heteroatoms. The third kappa shape index (κ3) is 4.25. The number of thiazole rings is 1. The Kier molecular flexibility index (Phi) is 7.97. The zero-order chi connectivity index (χ0) is 14.8. The normalized spacial score (nSPS) is 16.8. The van der Waals surface area contributed by atoms with Gasteiger partial charge in [-0.15, -0.1) is 47.5 Å². The molecule has 1 aliphatic heterocycles. The Bertz CT molecular complexity index is 631. The first kappa shape index (κ1) is 20.4. The van der Waals surface area contributed by atoms with Crippen molar-refractivity contribution >= 4 is 53.4 Å². The third-order valence-corrected chi connectivity index (χ3v) is 5.99. The lowest BCUT2D eigenvalue weighted by Crippen LogP contribution is -2.40. The van der Waals surface area contributed by atoms with Gasteiger partial charge in [0.05, 0.1) is 10.6 Å². The Labute approximate surface area is 157 Å². The highest BCUT2D eigenvalue weighted by Crippen LogP contribution is 2.32. The first-order valence-corrected chi connectivity index (χ1v) is 8.87. The van der Waals surface area contributed by atoms with Crippen molar-refractivity contribution < 1.29 is 4.79 Å². The van der Waals surface area contributed by atoms with Gasteiger partial charge in [0.25, 0.3) is 5.91 Å². The van der Waals surface area contributed by atoms with Crippen LogP contribution in [0.15, 0.2) is 17.5 Å². The number of thiophene rings is 1. The molecule has 1 N–H and O–H groups in total. The first-order valence-electron chi connectivity index (χ1n) is 7.17. The predicted octanol–water partition coefficient (Wildman–Crippen LogP) is 3.85. The molecule has 2 aromatic rings. The Balaban J connectivity index is 0.00000132. The molecule has 0 bridgehead atoms. The summed E-state index contributed by atoms with van der Waals surface area (Å²) in [7, 11) is 1.94. The number of likely N-dealkylation sites (tertiary alicyclic amines) is 1. The van der Waals surface area contributed by atoms with E-state index in [0.717, 1.165) is 46.4 Å². The van der Waals surface area contributed by atoms with E-state index in [1.807, 2.05) is 30.3 Å². The minimum absolute atomic E-state index is 0. The van der Waals surface area contributed by atoms with Crippen LogP contribution in [0.4, 0.5) is 0 Å². The number of nitrogens with zero attached hydrogens (tertiary/aromatic N) is 2. The van der Waals surface area contributed by atoms with Crippen molar-refractivity contribution in [2.45, 2.75) is 25.8 Å². The smallest absolute Gasteiger partial charge is 0.266 e. The number of likely N-dealkylation sites (N-methyl/N-ethyl adjacent to an activating group) is 1. The van der Waals surface area contributed by atoms with Crippen LogP contribution in [0.5, 0.6) is 0 Å². The maximum Gasteiger partial charge on any atom is 0.266 e. The summed E-state index contributed by atoms with van der Waals surface area (Å²) in [6.07, 6.45) is 2.18. The van der Waals surface area contributed by atoms with Crippen LogP contribution < -0.4 is 5.32 Å². The summed E-state index contributed by atoms with van der Waals surface area (Å²) < 4.78 is 0. The van der Waals surface area contributed by atoms with E-state index in [1.165, 1.54) is 11.3 Å². The highest BCUT2D eigenvalue weighted by atomic mass is 35.5. The van der Waals surface area contributed by atoms with Crippen molar-refractivity contribution in [1.29, 1.82) is 0 Å². The zero-order valence-electron chi connectivity index (χ0n) is 13.1. The van der Waals surface area contributed by atoms with Crippen molar-refractivity contribution in [3.8, 4) is 9.88 Å². The summed E-state index contributed by atoms with van der Waals surface area (Å²) in [4.78, 5) is 21.3. The number of halogens is 2. The van der Waals surface area contributed by atoms with Gasteiger partial charge in [0.1, 0.15) is 9.88 Å². The Morgan fingerprint density at radius 2 is 2.26 bits per heavy atom. The van der Waals surface area contributed by atoms with Gasteiger partial charge >= 0.3 is 0 Å². The van der Waals surface area contributed by atoms with Crippen LogP contribution in [0.25, 0.3) is 9.88 Å². The van der Waals surface area contributed by atoms with Gasteiger partial charge in [-0.2, -0.15) is 0 Å². The summed E-state index contributed by atoms with van der Waals surface area (Å²) in [5, 5.41) is 6.18. The molecule has 0 aromatic carbocycles. The van der Waals surface area contributed by atoms with E-state index >= 15 is 0 Å². The van der Waals surface area contributed by atoms with E-state index in [0.29, 0.717) is 6.04 Å². The van der Waals surface area contributed by atoms with Gasteiger partial charge in [-0.05, 0) is 38.3 Å². The molecule has 1 unspecified atom stereocenters. The van der Waals surface area contributed by atoms with Crippen molar-refractivity contribution in [1.82, 2.24) is 15.2 Å². The molecule has 0 spiro atoms. The first-order chi connectivity index (χ1) is 10.2. The maximum atomic E-state index is 12.8. The zero-order valence-corrected chi connectivity index (χ0v) is 16.3. The Morgan fingerprint density at radius 1 is 1.48 bits per heavy atom. The Hall–Kier alpha value is -0.660. The number of carbonyl (C=O) groups is 1. The van der Waals surface area contributed by atoms with Crippen molar-refractivity contribution in [3.05, 3.63) is 28.1 Å². The van der Waals surface area contributed by atoms with Gasteiger partial charge in [0.15, 0.2) is 0 Å². The van der Waals surface area contributed by atoms with E-state index in [2.05, 4.69) is 16.4 Å². The van der Waals surface area contributed by atoms with Crippen LogP contribution in [-0.4, -0.2) is 42.0 Å². The molecule has 1 atom stereocenters. The molecule has 3 rings (SSSR count). The van der Waals surface area contributed by atoms with Crippen molar-refractivity contribution in [2.24, 2.45) is 0 Å². The van der Waals surface area contributed by atoms with E-state index < -0.39 is 0 Å². The van der Waals surface area contributed by atoms with Crippen LogP contribution in [0.1, 0.15) is 28.2 Å². The number of aromatic nitrogens is 1. The highest BCUT2D eigenvalue weighted by molar-refractivity contribution is 7.22. The molecular weight excluding hydrogens is 373 g/mol. The molecule has 1 fully saturated rings. The molecule has 2 aromatic heterocycles. The number of nitrogens with one attached hydrogen (secondary N) is 1. The molecule has 3 heterocycles. The topological polar surface area (TPSA) is 45.2 Å². The molecular formula is C15H21Cl2N3OS2. The third-order valence-electron chi connectivity index (χ3n) is 3.80. The van der Waals surface area contributed by atoms with Crippen LogP contribution >= 0.6 is 47.5 Å². The minimum Gasteiger partial charge on any atom is -0.334 e. The average Bonchev–Trinajstić information content (AvgIpc) is 3.17. The summed E-state index contributed by atoms with van der Waals surface area (Å²) >= 11 is 3.18. The lowest BCUT2D eigenvalue weighted by Gasteiger charge is -2.24. The summed E-state index contributed by atoms with van der Waals surface area (Å²) in [6, 6.07) is 4.38. The molecule has 0 radical (unpaired) electrons. The average molecular weight is 394 g/mol. The highest BCUT2D eigenvalue weighted by Gasteiger charge is 2.31. The fourth-order valence-corrected chi connectivity index (χ4v) is 4.60. The SMILES string of the molecule is CNCC1CCCN1C(=O)c1sc(-c2cccs2)nc1C.Cl.Cl. The molecule has 23 heavy (non-hydrogen) atoms.